The minimum atomic E-state index is -0.327. The molecular formula is C23H16BrNO3S. The highest BCUT2D eigenvalue weighted by molar-refractivity contribution is 9.10. The highest BCUT2D eigenvalue weighted by atomic mass is 79.9. The molecule has 0 aliphatic carbocycles. The molecule has 1 amide bonds. The quantitative estimate of drug-likeness (QED) is 0.404. The van der Waals surface area contributed by atoms with E-state index in [1.165, 1.54) is 18.4 Å². The molecule has 0 fully saturated rings. The number of rotatable bonds is 4. The van der Waals surface area contributed by atoms with Crippen molar-refractivity contribution >= 4 is 48.3 Å². The van der Waals surface area contributed by atoms with Crippen molar-refractivity contribution < 1.29 is 9.53 Å². The predicted octanol–water partition coefficient (Wildman–Crippen LogP) is 5.95. The largest absolute Gasteiger partial charge is 0.496 e. The highest BCUT2D eigenvalue weighted by Crippen LogP contribution is 2.34. The zero-order chi connectivity index (χ0) is 20.4. The maximum absolute atomic E-state index is 13.3. The van der Waals surface area contributed by atoms with Gasteiger partial charge in [-0.25, -0.2) is 0 Å². The van der Waals surface area contributed by atoms with Crippen LogP contribution in [0.5, 0.6) is 5.75 Å². The second kappa shape index (κ2) is 8.19. The minimum Gasteiger partial charge on any atom is -0.496 e. The summed E-state index contributed by atoms with van der Waals surface area (Å²) in [6, 6.07) is 21.9. The van der Waals surface area contributed by atoms with E-state index in [1.54, 1.807) is 24.3 Å². The van der Waals surface area contributed by atoms with E-state index in [0.29, 0.717) is 27.3 Å². The minimum absolute atomic E-state index is 0.114. The average molecular weight is 466 g/mol. The van der Waals surface area contributed by atoms with Gasteiger partial charge in [-0.05, 0) is 42.0 Å². The van der Waals surface area contributed by atoms with Gasteiger partial charge in [0.1, 0.15) is 10.8 Å². The molecule has 1 N–H and O–H groups in total. The van der Waals surface area contributed by atoms with Crippen LogP contribution in [-0.4, -0.2) is 13.0 Å². The summed E-state index contributed by atoms with van der Waals surface area (Å²) in [6.07, 6.45) is 0. The molecule has 0 aliphatic rings. The van der Waals surface area contributed by atoms with Crippen molar-refractivity contribution in [3.05, 3.63) is 93.1 Å². The van der Waals surface area contributed by atoms with Crippen LogP contribution in [0.25, 0.3) is 21.2 Å². The highest BCUT2D eigenvalue weighted by Gasteiger charge is 2.19. The summed E-state index contributed by atoms with van der Waals surface area (Å²) < 4.78 is 7.03. The second-order valence-electron chi connectivity index (χ2n) is 6.29. The van der Waals surface area contributed by atoms with Crippen molar-refractivity contribution in [1.82, 2.24) is 0 Å². The molecule has 0 saturated carbocycles. The van der Waals surface area contributed by atoms with Gasteiger partial charge in [0.15, 0.2) is 5.43 Å². The third-order valence-electron chi connectivity index (χ3n) is 4.51. The number of ether oxygens (including phenoxy) is 1. The first-order chi connectivity index (χ1) is 14.1. The second-order valence-corrected chi connectivity index (χ2v) is 8.26. The number of carbonyl (C=O) groups excluding carboxylic acids is 1. The van der Waals surface area contributed by atoms with Gasteiger partial charge in [-0.1, -0.05) is 52.3 Å². The number of carbonyl (C=O) groups is 1. The Morgan fingerprint density at radius 3 is 2.41 bits per heavy atom. The van der Waals surface area contributed by atoms with E-state index in [9.17, 15) is 9.59 Å². The summed E-state index contributed by atoms with van der Waals surface area (Å²) in [7, 11) is 1.52. The number of fused-ring (bicyclic) bond motifs is 1. The molecule has 0 unspecified atom stereocenters. The lowest BCUT2D eigenvalue weighted by Crippen LogP contribution is -2.16. The van der Waals surface area contributed by atoms with Gasteiger partial charge in [-0.3, -0.25) is 9.59 Å². The van der Waals surface area contributed by atoms with Crippen LogP contribution < -0.4 is 15.5 Å². The van der Waals surface area contributed by atoms with Gasteiger partial charge in [-0.15, -0.1) is 11.3 Å². The Bertz CT molecular complexity index is 1270. The normalized spacial score (nSPS) is 10.7. The molecule has 4 aromatic rings. The molecule has 0 radical (unpaired) electrons. The Kier molecular flexibility index (Phi) is 5.47. The van der Waals surface area contributed by atoms with Crippen LogP contribution in [0.15, 0.2) is 82.1 Å². The van der Waals surface area contributed by atoms with Crippen LogP contribution in [0.2, 0.25) is 0 Å². The molecule has 1 aromatic heterocycles. The smallest absolute Gasteiger partial charge is 0.260 e. The summed E-state index contributed by atoms with van der Waals surface area (Å²) in [6.45, 7) is 0. The predicted molar refractivity (Wildman–Crippen MR) is 122 cm³/mol. The molecule has 29 heavy (non-hydrogen) atoms. The molecule has 0 bridgehead atoms. The molecule has 4 nitrogen and oxygen atoms in total. The Labute approximate surface area is 179 Å². The van der Waals surface area contributed by atoms with E-state index in [0.717, 1.165) is 14.7 Å². The molecule has 0 atom stereocenters. The molecule has 3 aromatic carbocycles. The van der Waals surface area contributed by atoms with Gasteiger partial charge in [-0.2, -0.15) is 0 Å². The fourth-order valence-corrected chi connectivity index (χ4v) is 4.47. The molecule has 0 aliphatic heterocycles. The average Bonchev–Trinajstić information content (AvgIpc) is 2.75. The summed E-state index contributed by atoms with van der Waals surface area (Å²) in [5, 5.41) is 4.07. The lowest BCUT2D eigenvalue weighted by Gasteiger charge is -2.13. The van der Waals surface area contributed by atoms with E-state index >= 15 is 0 Å². The van der Waals surface area contributed by atoms with E-state index < -0.39 is 0 Å². The fourth-order valence-electron chi connectivity index (χ4n) is 3.11. The van der Waals surface area contributed by atoms with Crippen LogP contribution in [0, 0.1) is 0 Å². The number of hydrogen-bond acceptors (Lipinski definition) is 4. The van der Waals surface area contributed by atoms with Crippen molar-refractivity contribution in [3.8, 4) is 16.9 Å². The summed E-state index contributed by atoms with van der Waals surface area (Å²) in [5.41, 5.74) is 1.52. The van der Waals surface area contributed by atoms with Gasteiger partial charge < -0.3 is 10.1 Å². The number of benzene rings is 3. The van der Waals surface area contributed by atoms with Crippen LogP contribution in [-0.2, 0) is 0 Å². The Balaban J connectivity index is 1.88. The number of para-hydroxylation sites is 1. The monoisotopic (exact) mass is 465 g/mol. The standard InChI is InChI=1S/C23H16BrNO3S/c1-28-18-8-4-2-6-16(18)22(27)25-23-20(14-10-12-15(24)13-11-14)21(26)17-7-3-5-9-19(17)29-23/h2-13H,1H3,(H,25,27). The first kappa shape index (κ1) is 19.4. The molecule has 1 heterocycles. The SMILES string of the molecule is COc1ccccc1C(=O)Nc1sc2ccccc2c(=O)c1-c1ccc(Br)cc1. The van der Waals surface area contributed by atoms with E-state index in [4.69, 9.17) is 4.74 Å². The fraction of sp³-hybridized carbons (Fsp3) is 0.0435. The summed E-state index contributed by atoms with van der Waals surface area (Å²) in [5.74, 6) is 0.148. The van der Waals surface area contributed by atoms with Crippen molar-refractivity contribution in [2.45, 2.75) is 0 Å². The Morgan fingerprint density at radius 1 is 0.966 bits per heavy atom. The molecule has 6 heteroatoms. The first-order valence-corrected chi connectivity index (χ1v) is 10.5. The number of anilines is 1. The van der Waals surface area contributed by atoms with Crippen LogP contribution in [0.1, 0.15) is 10.4 Å². The molecule has 0 saturated heterocycles. The van der Waals surface area contributed by atoms with Crippen molar-refractivity contribution in [2.24, 2.45) is 0 Å². The topological polar surface area (TPSA) is 55.4 Å². The summed E-state index contributed by atoms with van der Waals surface area (Å²) in [4.78, 5) is 26.3. The summed E-state index contributed by atoms with van der Waals surface area (Å²) >= 11 is 4.80. The van der Waals surface area contributed by atoms with E-state index in [1.807, 2.05) is 48.5 Å². The Morgan fingerprint density at radius 2 is 1.66 bits per heavy atom. The van der Waals surface area contributed by atoms with Crippen molar-refractivity contribution in [2.75, 3.05) is 12.4 Å². The van der Waals surface area contributed by atoms with Gasteiger partial charge >= 0.3 is 0 Å². The van der Waals surface area contributed by atoms with Crippen molar-refractivity contribution in [3.63, 3.8) is 0 Å². The number of methoxy groups -OCH3 is 1. The number of halogens is 1. The maximum atomic E-state index is 13.3. The Hall–Kier alpha value is -2.96. The van der Waals surface area contributed by atoms with E-state index in [-0.39, 0.29) is 11.3 Å². The van der Waals surface area contributed by atoms with Gasteiger partial charge in [0.05, 0.1) is 18.2 Å². The van der Waals surface area contributed by atoms with Crippen LogP contribution >= 0.6 is 27.3 Å². The van der Waals surface area contributed by atoms with Crippen LogP contribution in [0.3, 0.4) is 0 Å². The third kappa shape index (κ3) is 3.81. The number of amides is 1. The number of hydrogen-bond donors (Lipinski definition) is 1. The number of nitrogens with one attached hydrogen (secondary N) is 1. The van der Waals surface area contributed by atoms with Gasteiger partial charge in [0.25, 0.3) is 5.91 Å². The van der Waals surface area contributed by atoms with Crippen LogP contribution in [0.4, 0.5) is 5.00 Å². The zero-order valence-electron chi connectivity index (χ0n) is 15.4. The molecular weight excluding hydrogens is 450 g/mol. The first-order valence-electron chi connectivity index (χ1n) is 8.84. The van der Waals surface area contributed by atoms with Crippen molar-refractivity contribution in [1.29, 1.82) is 0 Å². The lowest BCUT2D eigenvalue weighted by molar-refractivity contribution is 0.102. The molecule has 144 valence electrons. The zero-order valence-corrected chi connectivity index (χ0v) is 17.8. The molecule has 0 spiro atoms. The third-order valence-corrected chi connectivity index (χ3v) is 6.12. The van der Waals surface area contributed by atoms with Gasteiger partial charge in [0, 0.05) is 14.6 Å². The van der Waals surface area contributed by atoms with Gasteiger partial charge in [0.2, 0.25) is 0 Å². The van der Waals surface area contributed by atoms with E-state index in [2.05, 4.69) is 21.2 Å². The lowest BCUT2D eigenvalue weighted by atomic mass is 10.1. The molecule has 4 rings (SSSR count). The maximum Gasteiger partial charge on any atom is 0.260 e.